The second-order valence-corrected chi connectivity index (χ2v) is 8.61. The van der Waals surface area contributed by atoms with Crippen molar-refractivity contribution in [1.29, 1.82) is 0 Å². The lowest BCUT2D eigenvalue weighted by molar-refractivity contribution is -0.697. The van der Waals surface area contributed by atoms with Gasteiger partial charge in [-0.1, -0.05) is 35.8 Å². The number of rotatable bonds is 6. The van der Waals surface area contributed by atoms with E-state index < -0.39 is 0 Å². The summed E-state index contributed by atoms with van der Waals surface area (Å²) >= 11 is 0. The maximum Gasteiger partial charge on any atom is 0.171 e. The zero-order valence-electron chi connectivity index (χ0n) is 20.7. The number of hydrogen-bond donors (Lipinski definition) is 0. The summed E-state index contributed by atoms with van der Waals surface area (Å²) in [6.07, 6.45) is 12.7. The highest BCUT2D eigenvalue weighted by molar-refractivity contribution is 5.49. The molecule has 2 nitrogen and oxygen atoms in total. The molecule has 0 N–H and O–H groups in total. The minimum atomic E-state index is 0. The summed E-state index contributed by atoms with van der Waals surface area (Å²) in [6, 6.07) is 12.6. The van der Waals surface area contributed by atoms with E-state index >= 15 is 0 Å². The van der Waals surface area contributed by atoms with Gasteiger partial charge in [0, 0.05) is 59.1 Å². The van der Waals surface area contributed by atoms with Crippen molar-refractivity contribution in [2.24, 2.45) is 0 Å². The molecule has 3 rings (SSSR count). The Labute approximate surface area is 227 Å². The number of hydrogen-bond acceptors (Lipinski definition) is 0. The number of benzene rings is 1. The molecule has 3 aromatic rings. The van der Waals surface area contributed by atoms with Crippen LogP contribution in [0.4, 0.5) is 0 Å². The van der Waals surface area contributed by atoms with Crippen molar-refractivity contribution in [2.45, 2.75) is 66.5 Å². The lowest BCUT2D eigenvalue weighted by Gasteiger charge is -1.99. The van der Waals surface area contributed by atoms with Gasteiger partial charge in [0.25, 0.3) is 0 Å². The van der Waals surface area contributed by atoms with Crippen molar-refractivity contribution >= 4 is 0 Å². The Kier molecular flexibility index (Phi) is 13.5. The Bertz CT molecular complexity index is 1060. The number of pyridine rings is 2. The largest absolute Gasteiger partial charge is 1.00 e. The summed E-state index contributed by atoms with van der Waals surface area (Å²) in [7, 11) is 0. The third-order valence-electron chi connectivity index (χ3n) is 5.20. The number of aromatic nitrogens is 2. The van der Waals surface area contributed by atoms with E-state index in [4.69, 9.17) is 0 Å². The SMILES string of the molecule is Cc1cc(C)c[n+](CCCC#Cc2ccccc2C#CCCC[n+]2cc(C)cc(C)c2)c1.[Br-].[Br-]. The normalized spacial score (nSPS) is 9.53. The number of unbranched alkanes of at least 4 members (excludes halogenated alkanes) is 2. The average Bonchev–Trinajstić information content (AvgIpc) is 2.73. The fourth-order valence-corrected chi connectivity index (χ4v) is 3.96. The zero-order chi connectivity index (χ0) is 22.8. The van der Waals surface area contributed by atoms with Crippen LogP contribution in [-0.2, 0) is 13.1 Å². The van der Waals surface area contributed by atoms with E-state index in [0.717, 1.165) is 49.9 Å². The highest BCUT2D eigenvalue weighted by atomic mass is 79.9. The second kappa shape index (κ2) is 15.5. The Morgan fingerprint density at radius 1 is 0.588 bits per heavy atom. The summed E-state index contributed by atoms with van der Waals surface area (Å²) in [4.78, 5) is 0. The van der Waals surface area contributed by atoms with Gasteiger partial charge in [0.1, 0.15) is 13.1 Å². The van der Waals surface area contributed by atoms with E-state index in [2.05, 4.69) is 110 Å². The zero-order valence-corrected chi connectivity index (χ0v) is 23.8. The van der Waals surface area contributed by atoms with Crippen LogP contribution < -0.4 is 43.1 Å². The molecule has 0 saturated heterocycles. The van der Waals surface area contributed by atoms with Crippen LogP contribution in [-0.4, -0.2) is 0 Å². The molecule has 1 aromatic carbocycles. The maximum absolute atomic E-state index is 3.34. The molecular weight excluding hydrogens is 548 g/mol. The van der Waals surface area contributed by atoms with Gasteiger partial charge in [-0.3, -0.25) is 0 Å². The molecule has 34 heavy (non-hydrogen) atoms. The maximum atomic E-state index is 3.34. The highest BCUT2D eigenvalue weighted by Gasteiger charge is 2.03. The Morgan fingerprint density at radius 3 is 1.29 bits per heavy atom. The van der Waals surface area contributed by atoms with Crippen LogP contribution in [0.15, 0.2) is 61.2 Å². The molecule has 2 heterocycles. The highest BCUT2D eigenvalue weighted by Crippen LogP contribution is 2.06. The van der Waals surface area contributed by atoms with Gasteiger partial charge in [-0.2, -0.15) is 0 Å². The first kappa shape index (κ1) is 29.6. The van der Waals surface area contributed by atoms with Crippen LogP contribution in [0.5, 0.6) is 0 Å². The second-order valence-electron chi connectivity index (χ2n) is 8.61. The first-order valence-electron chi connectivity index (χ1n) is 11.5. The molecule has 0 spiro atoms. The molecule has 0 bridgehead atoms. The lowest BCUT2D eigenvalue weighted by Crippen LogP contribution is -3.00. The van der Waals surface area contributed by atoms with Gasteiger partial charge in [0.15, 0.2) is 24.8 Å². The van der Waals surface area contributed by atoms with Gasteiger partial charge >= 0.3 is 0 Å². The molecule has 0 unspecified atom stereocenters. The van der Waals surface area contributed by atoms with E-state index in [1.165, 1.54) is 22.3 Å². The van der Waals surface area contributed by atoms with Gasteiger partial charge in [0.05, 0.1) is 0 Å². The molecule has 0 fully saturated rings. The Morgan fingerprint density at radius 2 is 0.941 bits per heavy atom. The topological polar surface area (TPSA) is 7.76 Å². The predicted octanol–water partition coefficient (Wildman–Crippen LogP) is -0.833. The van der Waals surface area contributed by atoms with E-state index in [9.17, 15) is 0 Å². The Balaban J connectivity index is 0.00000289. The molecule has 0 aliphatic heterocycles. The van der Waals surface area contributed by atoms with Gasteiger partial charge in [-0.15, -0.1) is 0 Å². The molecular formula is C30H34Br2N2. The molecule has 178 valence electrons. The first-order chi connectivity index (χ1) is 15.5. The Hall–Kier alpha value is -2.40. The van der Waals surface area contributed by atoms with Crippen molar-refractivity contribution < 1.29 is 43.1 Å². The van der Waals surface area contributed by atoms with Crippen LogP contribution in [0, 0.1) is 51.4 Å². The van der Waals surface area contributed by atoms with E-state index in [1.54, 1.807) is 0 Å². The summed E-state index contributed by atoms with van der Waals surface area (Å²) < 4.78 is 4.53. The third-order valence-corrected chi connectivity index (χ3v) is 5.20. The molecule has 0 amide bonds. The third kappa shape index (κ3) is 10.3. The van der Waals surface area contributed by atoms with Crippen LogP contribution in [0.3, 0.4) is 0 Å². The van der Waals surface area contributed by atoms with Crippen LogP contribution >= 0.6 is 0 Å². The molecule has 0 atom stereocenters. The molecule has 2 aromatic heterocycles. The van der Waals surface area contributed by atoms with E-state index in [1.807, 2.05) is 12.1 Å². The average molecular weight is 582 g/mol. The number of halogens is 2. The molecule has 0 radical (unpaired) electrons. The van der Waals surface area contributed by atoms with Crippen LogP contribution in [0.1, 0.15) is 59.1 Å². The van der Waals surface area contributed by atoms with Crippen molar-refractivity contribution in [2.75, 3.05) is 0 Å². The molecule has 0 saturated carbocycles. The van der Waals surface area contributed by atoms with Gasteiger partial charge in [-0.25, -0.2) is 9.13 Å². The fourth-order valence-electron chi connectivity index (χ4n) is 3.96. The van der Waals surface area contributed by atoms with E-state index in [0.29, 0.717) is 0 Å². The van der Waals surface area contributed by atoms with Gasteiger partial charge in [-0.05, 0) is 52.0 Å². The summed E-state index contributed by atoms with van der Waals surface area (Å²) in [6.45, 7) is 10.6. The molecule has 0 aliphatic carbocycles. The lowest BCUT2D eigenvalue weighted by atomic mass is 10.1. The minimum absolute atomic E-state index is 0. The monoisotopic (exact) mass is 580 g/mol. The van der Waals surface area contributed by atoms with Crippen molar-refractivity contribution in [1.82, 2.24) is 0 Å². The smallest absolute Gasteiger partial charge is 0.171 e. The van der Waals surface area contributed by atoms with Gasteiger partial charge in [0.2, 0.25) is 0 Å². The van der Waals surface area contributed by atoms with Crippen molar-refractivity contribution in [3.63, 3.8) is 0 Å². The molecule has 4 heteroatoms. The van der Waals surface area contributed by atoms with Gasteiger partial charge < -0.3 is 34.0 Å². The van der Waals surface area contributed by atoms with Crippen molar-refractivity contribution in [3.8, 4) is 23.7 Å². The minimum Gasteiger partial charge on any atom is -1.00 e. The summed E-state index contributed by atoms with van der Waals surface area (Å²) in [5.41, 5.74) is 7.27. The predicted molar refractivity (Wildman–Crippen MR) is 131 cm³/mol. The fraction of sp³-hybridized carbons (Fsp3) is 0.333. The van der Waals surface area contributed by atoms with Crippen LogP contribution in [0.2, 0.25) is 0 Å². The first-order valence-corrected chi connectivity index (χ1v) is 11.5. The molecule has 0 aliphatic rings. The quantitative estimate of drug-likeness (QED) is 0.204. The summed E-state index contributed by atoms with van der Waals surface area (Å²) in [5.74, 6) is 13.4. The van der Waals surface area contributed by atoms with E-state index in [-0.39, 0.29) is 34.0 Å². The standard InChI is InChI=1S/C30H34N2.2BrH/c1-25-19-26(2)22-31(21-25)17-11-5-7-13-29-15-9-10-16-30(29)14-8-6-12-18-32-23-27(3)20-28(4)24-32;;/h9-10,15-16,19-24H,5-6,11-12,17-18H2,1-4H3;2*1H/q+2;;/p-2. The van der Waals surface area contributed by atoms with Crippen molar-refractivity contribution in [3.05, 3.63) is 94.6 Å². The number of aryl methyl sites for hydroxylation is 6. The van der Waals surface area contributed by atoms with Crippen LogP contribution in [0.25, 0.3) is 0 Å². The summed E-state index contributed by atoms with van der Waals surface area (Å²) in [5, 5.41) is 0. The number of nitrogens with zero attached hydrogens (tertiary/aromatic N) is 2.